The molecule has 2 rings (SSSR count). The largest absolute Gasteiger partial charge is 0.480 e. The number of anilines is 1. The highest BCUT2D eigenvalue weighted by atomic mass is 16.5. The lowest BCUT2D eigenvalue weighted by Gasteiger charge is -2.25. The van der Waals surface area contributed by atoms with E-state index >= 15 is 0 Å². The lowest BCUT2D eigenvalue weighted by atomic mass is 10.2. The molecule has 3 atom stereocenters. The number of hydrogen-bond acceptors (Lipinski definition) is 9. The Bertz CT molecular complexity index is 673. The van der Waals surface area contributed by atoms with E-state index in [2.05, 4.69) is 26.1 Å². The lowest BCUT2D eigenvalue weighted by Crippen LogP contribution is -2.52. The van der Waals surface area contributed by atoms with Crippen molar-refractivity contribution in [2.75, 3.05) is 31.1 Å². The standard InChI is InChI=1S/C14H23N7O6/c1-7(22)10(12(24)25)18-14(26)17-8(6-9(15)23)11-19-13(20-27-11)21-4-2-16-3-5-21/h7-8,10,16,22H,2-6H2,1H3,(H2,15,23)(H,24,25)(H2,17,18,26)/t7?,8-,10-/m0/s1. The van der Waals surface area contributed by atoms with Crippen LogP contribution in [0, 0.1) is 0 Å². The van der Waals surface area contributed by atoms with Crippen molar-refractivity contribution in [3.8, 4) is 0 Å². The summed E-state index contributed by atoms with van der Waals surface area (Å²) in [7, 11) is 0. The van der Waals surface area contributed by atoms with Crippen molar-refractivity contribution in [1.82, 2.24) is 26.1 Å². The average molecular weight is 385 g/mol. The van der Waals surface area contributed by atoms with Crippen LogP contribution in [-0.2, 0) is 9.59 Å². The van der Waals surface area contributed by atoms with Crippen LogP contribution in [0.4, 0.5) is 10.7 Å². The highest BCUT2D eigenvalue weighted by Gasteiger charge is 2.29. The van der Waals surface area contributed by atoms with Crippen molar-refractivity contribution in [1.29, 1.82) is 0 Å². The van der Waals surface area contributed by atoms with Crippen LogP contribution in [0.3, 0.4) is 0 Å². The van der Waals surface area contributed by atoms with Crippen LogP contribution in [-0.4, -0.2) is 76.6 Å². The molecule has 27 heavy (non-hydrogen) atoms. The Hall–Kier alpha value is -2.93. The van der Waals surface area contributed by atoms with Gasteiger partial charge in [0.1, 0.15) is 6.04 Å². The van der Waals surface area contributed by atoms with Gasteiger partial charge < -0.3 is 41.3 Å². The van der Waals surface area contributed by atoms with Crippen molar-refractivity contribution in [2.45, 2.75) is 31.5 Å². The van der Waals surface area contributed by atoms with Gasteiger partial charge in [-0.05, 0) is 12.1 Å². The molecular weight excluding hydrogens is 362 g/mol. The molecule has 1 aromatic heterocycles. The molecule has 0 aliphatic carbocycles. The smallest absolute Gasteiger partial charge is 0.328 e. The van der Waals surface area contributed by atoms with Gasteiger partial charge in [-0.1, -0.05) is 0 Å². The van der Waals surface area contributed by atoms with E-state index in [0.29, 0.717) is 19.0 Å². The van der Waals surface area contributed by atoms with Gasteiger partial charge in [-0.3, -0.25) is 4.79 Å². The van der Waals surface area contributed by atoms with E-state index in [1.54, 1.807) is 0 Å². The summed E-state index contributed by atoms with van der Waals surface area (Å²) in [5, 5.41) is 29.9. The lowest BCUT2D eigenvalue weighted by molar-refractivity contribution is -0.141. The van der Waals surface area contributed by atoms with Crippen LogP contribution >= 0.6 is 0 Å². The molecule has 0 spiro atoms. The fourth-order valence-corrected chi connectivity index (χ4v) is 2.49. The summed E-state index contributed by atoms with van der Waals surface area (Å²) in [5.74, 6) is -1.87. The zero-order chi connectivity index (χ0) is 20.0. The van der Waals surface area contributed by atoms with Crippen molar-refractivity contribution < 1.29 is 29.1 Å². The Kier molecular flexibility index (Phi) is 6.90. The minimum atomic E-state index is -1.53. The third-order valence-corrected chi connectivity index (χ3v) is 3.87. The second-order valence-corrected chi connectivity index (χ2v) is 6.07. The van der Waals surface area contributed by atoms with Crippen molar-refractivity contribution in [2.24, 2.45) is 5.73 Å². The maximum absolute atomic E-state index is 12.1. The second kappa shape index (κ2) is 9.14. The van der Waals surface area contributed by atoms with E-state index in [1.807, 2.05) is 4.90 Å². The van der Waals surface area contributed by atoms with E-state index in [9.17, 15) is 19.5 Å². The number of amides is 3. The number of hydrogen-bond donors (Lipinski definition) is 6. The SMILES string of the molecule is CC(O)[C@H](NC(=O)N[C@@H](CC(N)=O)c1nc(N2CCNCC2)no1)C(=O)O. The van der Waals surface area contributed by atoms with Crippen molar-refractivity contribution in [3.63, 3.8) is 0 Å². The number of aliphatic hydroxyl groups is 1. The maximum atomic E-state index is 12.1. The number of nitrogens with one attached hydrogen (secondary N) is 3. The topological polar surface area (TPSA) is 196 Å². The van der Waals surface area contributed by atoms with Gasteiger partial charge in [0.25, 0.3) is 11.8 Å². The number of nitrogens with zero attached hydrogens (tertiary/aromatic N) is 3. The van der Waals surface area contributed by atoms with Gasteiger partial charge in [0.2, 0.25) is 5.91 Å². The monoisotopic (exact) mass is 385 g/mol. The van der Waals surface area contributed by atoms with Gasteiger partial charge in [-0.2, -0.15) is 4.98 Å². The van der Waals surface area contributed by atoms with E-state index in [-0.39, 0.29) is 12.3 Å². The molecule has 1 aliphatic rings. The molecule has 13 heteroatoms. The van der Waals surface area contributed by atoms with Crippen LogP contribution in [0.15, 0.2) is 4.52 Å². The van der Waals surface area contributed by atoms with Gasteiger partial charge in [0, 0.05) is 26.2 Å². The molecule has 0 bridgehead atoms. The molecule has 1 aliphatic heterocycles. The van der Waals surface area contributed by atoms with E-state index < -0.39 is 36.1 Å². The molecule has 1 fully saturated rings. The van der Waals surface area contributed by atoms with Crippen LogP contribution in [0.25, 0.3) is 0 Å². The number of aliphatic carboxylic acids is 1. The van der Waals surface area contributed by atoms with Crippen LogP contribution in [0.2, 0.25) is 0 Å². The molecule has 3 amide bonds. The van der Waals surface area contributed by atoms with E-state index in [0.717, 1.165) is 13.1 Å². The van der Waals surface area contributed by atoms with E-state index in [4.69, 9.17) is 15.4 Å². The van der Waals surface area contributed by atoms with Crippen LogP contribution in [0.5, 0.6) is 0 Å². The number of carboxylic acid groups (broad SMARTS) is 1. The summed E-state index contributed by atoms with van der Waals surface area (Å²) in [6.07, 6.45) is -1.66. The Morgan fingerprint density at radius 3 is 2.56 bits per heavy atom. The number of piperazine rings is 1. The molecule has 7 N–H and O–H groups in total. The Morgan fingerprint density at radius 1 is 1.33 bits per heavy atom. The quantitative estimate of drug-likeness (QED) is 0.279. The predicted molar refractivity (Wildman–Crippen MR) is 90.7 cm³/mol. The Labute approximate surface area is 154 Å². The Morgan fingerprint density at radius 2 is 2.00 bits per heavy atom. The fourth-order valence-electron chi connectivity index (χ4n) is 2.49. The first-order valence-corrected chi connectivity index (χ1v) is 8.33. The first kappa shape index (κ1) is 20.4. The summed E-state index contributed by atoms with van der Waals surface area (Å²) in [6, 6.07) is -3.51. The molecule has 1 aromatic rings. The first-order chi connectivity index (χ1) is 12.8. The van der Waals surface area contributed by atoms with Crippen LogP contribution in [0.1, 0.15) is 25.3 Å². The van der Waals surface area contributed by atoms with Crippen LogP contribution < -0.4 is 26.6 Å². The second-order valence-electron chi connectivity index (χ2n) is 6.07. The number of aromatic nitrogens is 2. The first-order valence-electron chi connectivity index (χ1n) is 8.33. The predicted octanol–water partition coefficient (Wildman–Crippen LogP) is -2.47. The summed E-state index contributed by atoms with van der Waals surface area (Å²) in [6.45, 7) is 4.07. The number of carbonyl (C=O) groups is 3. The van der Waals surface area contributed by atoms with Gasteiger partial charge >= 0.3 is 12.0 Å². The zero-order valence-electron chi connectivity index (χ0n) is 14.7. The number of aliphatic hydroxyl groups excluding tert-OH is 1. The van der Waals surface area contributed by atoms with Gasteiger partial charge in [-0.25, -0.2) is 9.59 Å². The van der Waals surface area contributed by atoms with Crippen molar-refractivity contribution in [3.05, 3.63) is 5.89 Å². The minimum absolute atomic E-state index is 0.0404. The third-order valence-electron chi connectivity index (χ3n) is 3.87. The number of primary amides is 1. The molecular formula is C14H23N7O6. The Balaban J connectivity index is 2.08. The number of carboxylic acids is 1. The highest BCUT2D eigenvalue weighted by molar-refractivity contribution is 5.83. The molecule has 2 heterocycles. The molecule has 1 unspecified atom stereocenters. The molecule has 0 saturated carbocycles. The summed E-state index contributed by atoms with van der Waals surface area (Å²) in [4.78, 5) is 40.5. The normalized spacial score (nSPS) is 17.6. The fraction of sp³-hybridized carbons (Fsp3) is 0.643. The summed E-state index contributed by atoms with van der Waals surface area (Å²) >= 11 is 0. The number of rotatable bonds is 8. The molecule has 13 nitrogen and oxygen atoms in total. The molecule has 150 valence electrons. The molecule has 0 radical (unpaired) electrons. The van der Waals surface area contributed by atoms with E-state index in [1.165, 1.54) is 6.92 Å². The third kappa shape index (κ3) is 5.79. The molecule has 0 aromatic carbocycles. The van der Waals surface area contributed by atoms with Gasteiger partial charge in [0.15, 0.2) is 6.04 Å². The number of nitrogens with two attached hydrogens (primary N) is 1. The summed E-state index contributed by atoms with van der Waals surface area (Å²) < 4.78 is 5.14. The number of carbonyl (C=O) groups excluding carboxylic acids is 2. The summed E-state index contributed by atoms with van der Waals surface area (Å²) in [5.41, 5.74) is 5.20. The maximum Gasteiger partial charge on any atom is 0.328 e. The average Bonchev–Trinajstić information content (AvgIpc) is 3.09. The molecule has 1 saturated heterocycles. The zero-order valence-corrected chi connectivity index (χ0v) is 14.7. The van der Waals surface area contributed by atoms with Gasteiger partial charge in [-0.15, -0.1) is 0 Å². The minimum Gasteiger partial charge on any atom is -0.480 e. The number of urea groups is 1. The van der Waals surface area contributed by atoms with Crippen molar-refractivity contribution >= 4 is 23.9 Å². The highest BCUT2D eigenvalue weighted by Crippen LogP contribution is 2.18. The van der Waals surface area contributed by atoms with Gasteiger partial charge in [0.05, 0.1) is 12.5 Å².